The predicted octanol–water partition coefficient (Wildman–Crippen LogP) is 0.532. The first kappa shape index (κ1) is 14.8. The minimum Gasteiger partial charge on any atom is -0.368 e. The van der Waals surface area contributed by atoms with Crippen molar-refractivity contribution in [2.24, 2.45) is 5.73 Å². The molecule has 0 saturated heterocycles. The van der Waals surface area contributed by atoms with E-state index in [0.29, 0.717) is 5.69 Å². The van der Waals surface area contributed by atoms with Crippen LogP contribution in [0.2, 0.25) is 0 Å². The number of amides is 2. The number of fused-ring (bicyclic) bond motifs is 1. The van der Waals surface area contributed by atoms with E-state index in [0.717, 1.165) is 4.52 Å². The molecule has 114 valence electrons. The van der Waals surface area contributed by atoms with Gasteiger partial charge in [-0.2, -0.15) is 22.7 Å². The van der Waals surface area contributed by atoms with Gasteiger partial charge in [-0.1, -0.05) is 0 Å². The highest BCUT2D eigenvalue weighted by atomic mass is 19.4. The summed E-state index contributed by atoms with van der Waals surface area (Å²) in [5, 5.41) is 8.56. The number of aryl methyl sites for hydroxylation is 1. The Morgan fingerprint density at radius 1 is 1.38 bits per heavy atom. The first-order chi connectivity index (χ1) is 9.77. The summed E-state index contributed by atoms with van der Waals surface area (Å²) in [6.45, 7) is 2.08. The van der Waals surface area contributed by atoms with Crippen molar-refractivity contribution in [3.8, 4) is 0 Å². The average molecular weight is 303 g/mol. The number of carbonyl (C=O) groups is 1. The summed E-state index contributed by atoms with van der Waals surface area (Å²) in [5.41, 5.74) is 5.38. The van der Waals surface area contributed by atoms with Crippen molar-refractivity contribution in [1.29, 1.82) is 0 Å². The summed E-state index contributed by atoms with van der Waals surface area (Å²) < 4.78 is 38.8. The van der Waals surface area contributed by atoms with Crippen molar-refractivity contribution in [3.05, 3.63) is 17.6 Å². The van der Waals surface area contributed by atoms with Crippen molar-refractivity contribution in [3.63, 3.8) is 0 Å². The summed E-state index contributed by atoms with van der Waals surface area (Å²) in [4.78, 5) is 17.7. The standard InChI is InChI=1S/C10H12F3N7O/c1-5-4-6(15-2-3-16-8(14)21)20-9(17-5)18-7(19-20)10(11,12)13/h4,15H,2-3H2,1H3,(H3,14,16,21). The van der Waals surface area contributed by atoms with E-state index >= 15 is 0 Å². The van der Waals surface area contributed by atoms with E-state index in [1.165, 1.54) is 6.07 Å². The number of halogens is 3. The van der Waals surface area contributed by atoms with Gasteiger partial charge in [-0.3, -0.25) is 0 Å². The molecule has 0 aliphatic heterocycles. The Morgan fingerprint density at radius 3 is 2.71 bits per heavy atom. The van der Waals surface area contributed by atoms with E-state index in [1.54, 1.807) is 6.92 Å². The molecular formula is C10H12F3N7O. The number of urea groups is 1. The van der Waals surface area contributed by atoms with Gasteiger partial charge in [0.1, 0.15) is 5.82 Å². The maximum Gasteiger partial charge on any atom is 0.453 e. The van der Waals surface area contributed by atoms with Gasteiger partial charge in [0.25, 0.3) is 11.6 Å². The van der Waals surface area contributed by atoms with Gasteiger partial charge < -0.3 is 16.4 Å². The molecule has 2 heterocycles. The summed E-state index contributed by atoms with van der Waals surface area (Å²) in [6, 6.07) is 0.833. The van der Waals surface area contributed by atoms with Crippen molar-refractivity contribution in [2.75, 3.05) is 18.4 Å². The highest BCUT2D eigenvalue weighted by molar-refractivity contribution is 5.71. The summed E-state index contributed by atoms with van der Waals surface area (Å²) in [6.07, 6.45) is -4.65. The minimum absolute atomic E-state index is 0.160. The van der Waals surface area contributed by atoms with Crippen LogP contribution in [-0.4, -0.2) is 38.7 Å². The molecule has 0 spiro atoms. The van der Waals surface area contributed by atoms with Crippen LogP contribution in [0.4, 0.5) is 23.8 Å². The van der Waals surface area contributed by atoms with Crippen LogP contribution in [0.25, 0.3) is 5.78 Å². The van der Waals surface area contributed by atoms with E-state index in [-0.39, 0.29) is 24.7 Å². The number of primary amides is 1. The molecule has 0 aliphatic rings. The molecule has 21 heavy (non-hydrogen) atoms. The van der Waals surface area contributed by atoms with Crippen molar-refractivity contribution < 1.29 is 18.0 Å². The third-order valence-electron chi connectivity index (χ3n) is 2.42. The van der Waals surface area contributed by atoms with Crippen molar-refractivity contribution in [1.82, 2.24) is 24.9 Å². The zero-order chi connectivity index (χ0) is 15.6. The molecule has 0 fully saturated rings. The Labute approximate surface area is 116 Å². The molecule has 0 unspecified atom stereocenters. The van der Waals surface area contributed by atoms with Gasteiger partial charge in [-0.15, -0.1) is 5.10 Å². The van der Waals surface area contributed by atoms with Crippen LogP contribution in [-0.2, 0) is 6.18 Å². The number of rotatable bonds is 4. The highest BCUT2D eigenvalue weighted by Crippen LogP contribution is 2.27. The topological polar surface area (TPSA) is 110 Å². The molecule has 0 bridgehead atoms. The van der Waals surface area contributed by atoms with Crippen LogP contribution >= 0.6 is 0 Å². The van der Waals surface area contributed by atoms with Crippen LogP contribution in [0.3, 0.4) is 0 Å². The molecule has 0 aliphatic carbocycles. The van der Waals surface area contributed by atoms with E-state index in [2.05, 4.69) is 25.7 Å². The smallest absolute Gasteiger partial charge is 0.368 e. The van der Waals surface area contributed by atoms with Gasteiger partial charge in [0, 0.05) is 24.8 Å². The lowest BCUT2D eigenvalue weighted by molar-refractivity contribution is -0.144. The average Bonchev–Trinajstić information content (AvgIpc) is 2.77. The fourth-order valence-corrected chi connectivity index (χ4v) is 1.61. The normalized spacial score (nSPS) is 11.6. The van der Waals surface area contributed by atoms with E-state index < -0.39 is 18.0 Å². The predicted molar refractivity (Wildman–Crippen MR) is 66.6 cm³/mol. The van der Waals surface area contributed by atoms with E-state index in [1.807, 2.05) is 0 Å². The lowest BCUT2D eigenvalue weighted by atomic mass is 10.4. The monoisotopic (exact) mass is 303 g/mol. The van der Waals surface area contributed by atoms with Gasteiger partial charge in [-0.05, 0) is 6.92 Å². The van der Waals surface area contributed by atoms with Crippen LogP contribution in [0.15, 0.2) is 6.07 Å². The van der Waals surface area contributed by atoms with Gasteiger partial charge in [0.05, 0.1) is 0 Å². The maximum absolute atomic E-state index is 12.6. The van der Waals surface area contributed by atoms with Gasteiger partial charge in [-0.25, -0.2) is 9.78 Å². The van der Waals surface area contributed by atoms with Crippen molar-refractivity contribution >= 4 is 17.6 Å². The van der Waals surface area contributed by atoms with E-state index in [4.69, 9.17) is 5.73 Å². The zero-order valence-electron chi connectivity index (χ0n) is 10.9. The molecule has 0 atom stereocenters. The third-order valence-corrected chi connectivity index (χ3v) is 2.42. The van der Waals surface area contributed by atoms with Crippen LogP contribution in [0.5, 0.6) is 0 Å². The highest BCUT2D eigenvalue weighted by Gasteiger charge is 2.36. The summed E-state index contributed by atoms with van der Waals surface area (Å²) >= 11 is 0. The number of aromatic nitrogens is 4. The molecule has 0 radical (unpaired) electrons. The maximum atomic E-state index is 12.6. The Hall–Kier alpha value is -2.59. The number of nitrogens with one attached hydrogen (secondary N) is 2. The number of carbonyl (C=O) groups excluding carboxylic acids is 1. The quantitative estimate of drug-likeness (QED) is 0.714. The second-order valence-corrected chi connectivity index (χ2v) is 4.15. The largest absolute Gasteiger partial charge is 0.453 e. The number of hydrogen-bond acceptors (Lipinski definition) is 5. The fourth-order valence-electron chi connectivity index (χ4n) is 1.61. The number of alkyl halides is 3. The molecule has 2 aromatic heterocycles. The molecule has 11 heteroatoms. The van der Waals surface area contributed by atoms with Gasteiger partial charge in [0.15, 0.2) is 0 Å². The molecule has 2 aromatic rings. The van der Waals surface area contributed by atoms with Crippen LogP contribution in [0.1, 0.15) is 11.5 Å². The van der Waals surface area contributed by atoms with Crippen molar-refractivity contribution in [2.45, 2.75) is 13.1 Å². The first-order valence-electron chi connectivity index (χ1n) is 5.86. The number of hydrogen-bond donors (Lipinski definition) is 3. The molecule has 8 nitrogen and oxygen atoms in total. The molecular weight excluding hydrogens is 291 g/mol. The number of nitrogens with zero attached hydrogens (tertiary/aromatic N) is 4. The molecule has 4 N–H and O–H groups in total. The van der Waals surface area contributed by atoms with Gasteiger partial charge >= 0.3 is 12.2 Å². The number of nitrogens with two attached hydrogens (primary N) is 1. The summed E-state index contributed by atoms with van der Waals surface area (Å²) in [7, 11) is 0. The zero-order valence-corrected chi connectivity index (χ0v) is 10.9. The SMILES string of the molecule is Cc1cc(NCCNC(N)=O)n2nc(C(F)(F)F)nc2n1. The molecule has 0 saturated carbocycles. The fraction of sp³-hybridized carbons (Fsp3) is 0.400. The van der Waals surface area contributed by atoms with Crippen LogP contribution in [0, 0.1) is 6.92 Å². The van der Waals surface area contributed by atoms with Gasteiger partial charge in [0.2, 0.25) is 0 Å². The number of anilines is 1. The molecule has 2 rings (SSSR count). The Morgan fingerprint density at radius 2 is 2.10 bits per heavy atom. The minimum atomic E-state index is -4.65. The lowest BCUT2D eigenvalue weighted by Gasteiger charge is -2.08. The summed E-state index contributed by atoms with van der Waals surface area (Å²) in [5.74, 6) is -1.14. The lowest BCUT2D eigenvalue weighted by Crippen LogP contribution is -2.33. The third kappa shape index (κ3) is 3.49. The Balaban J connectivity index is 2.25. The second kappa shape index (κ2) is 5.42. The molecule has 0 aromatic carbocycles. The first-order valence-corrected chi connectivity index (χ1v) is 5.86. The van der Waals surface area contributed by atoms with E-state index in [9.17, 15) is 18.0 Å². The second-order valence-electron chi connectivity index (χ2n) is 4.15. The Bertz CT molecular complexity index is 666. The Kier molecular flexibility index (Phi) is 3.82. The van der Waals surface area contributed by atoms with Crippen LogP contribution < -0.4 is 16.4 Å². The molecule has 2 amide bonds.